The fraction of sp³-hybridized carbons (Fsp3) is 0.133. The summed E-state index contributed by atoms with van der Waals surface area (Å²) < 4.78 is 8.20. The summed E-state index contributed by atoms with van der Waals surface area (Å²) in [4.78, 5) is 0. The molecule has 0 fully saturated rings. The lowest BCUT2D eigenvalue weighted by atomic mass is 10.0. The molecule has 1 aromatic heterocycles. The second-order valence-corrected chi connectivity index (χ2v) is 5.67. The van der Waals surface area contributed by atoms with Crippen molar-refractivity contribution in [1.29, 1.82) is 0 Å². The molecule has 3 rings (SSSR count). The highest BCUT2D eigenvalue weighted by atomic mass is 127. The summed E-state index contributed by atoms with van der Waals surface area (Å²) in [5, 5.41) is 6.58. The minimum atomic E-state index is 0.652. The van der Waals surface area contributed by atoms with Crippen LogP contribution >= 0.6 is 22.6 Å². The van der Waals surface area contributed by atoms with Crippen molar-refractivity contribution in [3.8, 4) is 5.75 Å². The molecule has 0 radical (unpaired) electrons. The lowest BCUT2D eigenvalue weighted by molar-refractivity contribution is 0.419. The molecule has 0 aliphatic rings. The molecule has 2 N–H and O–H groups in total. The van der Waals surface area contributed by atoms with Crippen molar-refractivity contribution in [2.24, 2.45) is 0 Å². The number of fused-ring (bicyclic) bond motifs is 1. The summed E-state index contributed by atoms with van der Waals surface area (Å²) in [6.07, 6.45) is 1.78. The van der Waals surface area contributed by atoms with Crippen molar-refractivity contribution in [2.45, 2.75) is 6.54 Å². The number of hydrogen-bond acceptors (Lipinski definition) is 3. The first kappa shape index (κ1) is 13.2. The Balaban J connectivity index is 2.11. The molecule has 4 nitrogen and oxygen atoms in total. The van der Waals surface area contributed by atoms with Crippen LogP contribution in [0.5, 0.6) is 5.75 Å². The van der Waals surface area contributed by atoms with Gasteiger partial charge >= 0.3 is 0 Å². The number of nitrogens with zero attached hydrogens (tertiary/aromatic N) is 2. The number of halogens is 1. The Morgan fingerprint density at radius 3 is 2.60 bits per heavy atom. The zero-order valence-corrected chi connectivity index (χ0v) is 13.2. The first-order chi connectivity index (χ1) is 9.70. The fourth-order valence-corrected chi connectivity index (χ4v) is 2.71. The number of anilines is 1. The van der Waals surface area contributed by atoms with E-state index in [2.05, 4.69) is 45.9 Å². The standard InChI is InChI=1S/C15H14IN3O/c1-20-14-7-6-10(11-4-2-3-5-12(11)14)9-19-15(17)13(16)8-18-19/h2-8H,9,17H2,1H3. The summed E-state index contributed by atoms with van der Waals surface area (Å²) in [5.74, 6) is 1.58. The van der Waals surface area contributed by atoms with Crippen LogP contribution in [0.15, 0.2) is 42.6 Å². The van der Waals surface area contributed by atoms with E-state index in [1.807, 2.05) is 22.9 Å². The molecule has 0 aliphatic carbocycles. The molecule has 0 aliphatic heterocycles. The van der Waals surface area contributed by atoms with E-state index in [0.717, 1.165) is 20.1 Å². The molecule has 0 saturated carbocycles. The first-order valence-electron chi connectivity index (χ1n) is 6.22. The van der Waals surface area contributed by atoms with Crippen molar-refractivity contribution in [3.05, 3.63) is 51.7 Å². The van der Waals surface area contributed by atoms with Gasteiger partial charge in [0, 0.05) is 5.39 Å². The first-order valence-corrected chi connectivity index (χ1v) is 7.30. The second kappa shape index (κ2) is 5.32. The van der Waals surface area contributed by atoms with Gasteiger partial charge in [0.05, 0.1) is 23.4 Å². The Hall–Kier alpha value is -1.76. The van der Waals surface area contributed by atoms with E-state index < -0.39 is 0 Å². The molecule has 0 unspecified atom stereocenters. The van der Waals surface area contributed by atoms with Gasteiger partial charge in [0.1, 0.15) is 11.6 Å². The largest absolute Gasteiger partial charge is 0.496 e. The topological polar surface area (TPSA) is 53.1 Å². The van der Waals surface area contributed by atoms with Gasteiger partial charge in [-0.3, -0.25) is 0 Å². The predicted molar refractivity (Wildman–Crippen MR) is 89.0 cm³/mol. The van der Waals surface area contributed by atoms with Gasteiger partial charge in [-0.05, 0) is 39.6 Å². The van der Waals surface area contributed by atoms with E-state index in [0.29, 0.717) is 12.4 Å². The van der Waals surface area contributed by atoms with Gasteiger partial charge < -0.3 is 10.5 Å². The quantitative estimate of drug-likeness (QED) is 0.711. The molecule has 0 amide bonds. The number of hydrogen-bond donors (Lipinski definition) is 1. The van der Waals surface area contributed by atoms with Gasteiger partial charge in [-0.1, -0.05) is 30.3 Å². The predicted octanol–water partition coefficient (Wildman–Crippen LogP) is 3.28. The lowest BCUT2D eigenvalue weighted by Gasteiger charge is -2.11. The maximum atomic E-state index is 6.02. The number of methoxy groups -OCH3 is 1. The highest BCUT2D eigenvalue weighted by Gasteiger charge is 2.09. The summed E-state index contributed by atoms with van der Waals surface area (Å²) in [5.41, 5.74) is 7.19. The van der Waals surface area contributed by atoms with Crippen LogP contribution in [0.25, 0.3) is 10.8 Å². The number of nitrogens with two attached hydrogens (primary N) is 1. The van der Waals surface area contributed by atoms with Crippen LogP contribution in [0.2, 0.25) is 0 Å². The van der Waals surface area contributed by atoms with E-state index in [9.17, 15) is 0 Å². The number of benzene rings is 2. The van der Waals surface area contributed by atoms with E-state index >= 15 is 0 Å². The molecule has 102 valence electrons. The van der Waals surface area contributed by atoms with Gasteiger partial charge in [0.2, 0.25) is 0 Å². The maximum absolute atomic E-state index is 6.02. The van der Waals surface area contributed by atoms with Crippen molar-refractivity contribution in [1.82, 2.24) is 9.78 Å². The zero-order valence-electron chi connectivity index (χ0n) is 11.0. The molecule has 0 bridgehead atoms. The molecule has 0 saturated heterocycles. The summed E-state index contributed by atoms with van der Waals surface area (Å²) in [6.45, 7) is 0.652. The van der Waals surface area contributed by atoms with Crippen LogP contribution in [0.4, 0.5) is 5.82 Å². The van der Waals surface area contributed by atoms with E-state index in [1.165, 1.54) is 5.56 Å². The average Bonchev–Trinajstić information content (AvgIpc) is 2.79. The van der Waals surface area contributed by atoms with Gasteiger partial charge in [-0.25, -0.2) is 4.68 Å². The van der Waals surface area contributed by atoms with Crippen LogP contribution in [-0.2, 0) is 6.54 Å². The average molecular weight is 379 g/mol. The SMILES string of the molecule is COc1ccc(Cn2ncc(I)c2N)c2ccccc12. The third-order valence-electron chi connectivity index (χ3n) is 3.35. The van der Waals surface area contributed by atoms with E-state index in [4.69, 9.17) is 10.5 Å². The van der Waals surface area contributed by atoms with Gasteiger partial charge in [-0.15, -0.1) is 0 Å². The minimum absolute atomic E-state index is 0.652. The van der Waals surface area contributed by atoms with Gasteiger partial charge in [0.25, 0.3) is 0 Å². The summed E-state index contributed by atoms with van der Waals surface area (Å²) in [6, 6.07) is 12.3. The van der Waals surface area contributed by atoms with Crippen LogP contribution in [-0.4, -0.2) is 16.9 Å². The number of ether oxygens (including phenoxy) is 1. The molecular weight excluding hydrogens is 365 g/mol. The highest BCUT2D eigenvalue weighted by molar-refractivity contribution is 14.1. The van der Waals surface area contributed by atoms with Crippen LogP contribution in [0.3, 0.4) is 0 Å². The zero-order chi connectivity index (χ0) is 14.1. The molecule has 3 aromatic rings. The smallest absolute Gasteiger partial charge is 0.135 e. The Kier molecular flexibility index (Phi) is 3.52. The van der Waals surface area contributed by atoms with Crippen LogP contribution < -0.4 is 10.5 Å². The lowest BCUT2D eigenvalue weighted by Crippen LogP contribution is -2.06. The highest BCUT2D eigenvalue weighted by Crippen LogP contribution is 2.29. The molecular formula is C15H14IN3O. The Morgan fingerprint density at radius 1 is 1.20 bits per heavy atom. The van der Waals surface area contributed by atoms with Crippen LogP contribution in [0, 0.1) is 3.57 Å². The number of nitrogen functional groups attached to an aromatic ring is 1. The second-order valence-electron chi connectivity index (χ2n) is 4.51. The Morgan fingerprint density at radius 2 is 1.95 bits per heavy atom. The Bertz CT molecular complexity index is 767. The van der Waals surface area contributed by atoms with E-state index in [-0.39, 0.29) is 0 Å². The molecule has 1 heterocycles. The third kappa shape index (κ3) is 2.22. The molecule has 20 heavy (non-hydrogen) atoms. The third-order valence-corrected chi connectivity index (χ3v) is 4.18. The van der Waals surface area contributed by atoms with Crippen molar-refractivity contribution >= 4 is 39.2 Å². The molecule has 0 atom stereocenters. The number of rotatable bonds is 3. The van der Waals surface area contributed by atoms with Gasteiger partial charge in [0.15, 0.2) is 0 Å². The van der Waals surface area contributed by atoms with Gasteiger partial charge in [-0.2, -0.15) is 5.10 Å². The normalized spacial score (nSPS) is 10.9. The number of aromatic nitrogens is 2. The summed E-state index contributed by atoms with van der Waals surface area (Å²) >= 11 is 2.19. The van der Waals surface area contributed by atoms with Crippen molar-refractivity contribution in [3.63, 3.8) is 0 Å². The molecule has 0 spiro atoms. The monoisotopic (exact) mass is 379 g/mol. The Labute approximate surface area is 130 Å². The van der Waals surface area contributed by atoms with Crippen molar-refractivity contribution < 1.29 is 4.74 Å². The van der Waals surface area contributed by atoms with E-state index in [1.54, 1.807) is 13.3 Å². The van der Waals surface area contributed by atoms with Crippen LogP contribution in [0.1, 0.15) is 5.56 Å². The molecule has 5 heteroatoms. The molecule has 2 aromatic carbocycles. The minimum Gasteiger partial charge on any atom is -0.496 e. The summed E-state index contributed by atoms with van der Waals surface area (Å²) in [7, 11) is 1.69. The van der Waals surface area contributed by atoms with Crippen molar-refractivity contribution in [2.75, 3.05) is 12.8 Å². The fourth-order valence-electron chi connectivity index (χ4n) is 2.31. The maximum Gasteiger partial charge on any atom is 0.135 e.